The maximum absolute atomic E-state index is 11.9. The Morgan fingerprint density at radius 1 is 1.33 bits per heavy atom. The van der Waals surface area contributed by atoms with Gasteiger partial charge in [-0.3, -0.25) is 0 Å². The van der Waals surface area contributed by atoms with Crippen molar-refractivity contribution in [2.24, 2.45) is 0 Å². The largest absolute Gasteiger partial charge is 0.493 e. The van der Waals surface area contributed by atoms with Gasteiger partial charge in [0.25, 0.3) is 0 Å². The molecule has 1 aromatic carbocycles. The van der Waals surface area contributed by atoms with Gasteiger partial charge in [-0.05, 0) is 45.2 Å². The molecule has 0 bridgehead atoms. The predicted molar refractivity (Wildman–Crippen MR) is 81.9 cm³/mol. The maximum atomic E-state index is 11.9. The molecule has 0 aliphatic heterocycles. The second kappa shape index (κ2) is 6.70. The molecular weight excluding hydrogens is 268 g/mol. The second-order valence-corrected chi connectivity index (χ2v) is 5.88. The van der Waals surface area contributed by atoms with Gasteiger partial charge >= 0.3 is 6.03 Å². The molecule has 1 atom stereocenters. The van der Waals surface area contributed by atoms with Crippen LogP contribution in [0.3, 0.4) is 0 Å². The van der Waals surface area contributed by atoms with Crippen molar-refractivity contribution >= 4 is 6.03 Å². The van der Waals surface area contributed by atoms with Crippen LogP contribution in [0.25, 0.3) is 0 Å². The zero-order valence-electron chi connectivity index (χ0n) is 12.9. The lowest BCUT2D eigenvalue weighted by molar-refractivity contribution is 0.184. The van der Waals surface area contributed by atoms with Crippen LogP contribution in [0.4, 0.5) is 4.79 Å². The number of ether oxygens (including phenoxy) is 2. The number of para-hydroxylation sites is 2. The van der Waals surface area contributed by atoms with Crippen molar-refractivity contribution in [3.63, 3.8) is 0 Å². The molecule has 0 spiro atoms. The Kier molecular flexibility index (Phi) is 4.94. The van der Waals surface area contributed by atoms with E-state index in [2.05, 4.69) is 17.6 Å². The molecule has 1 aromatic rings. The molecule has 5 nitrogen and oxygen atoms in total. The van der Waals surface area contributed by atoms with Crippen LogP contribution >= 0.6 is 0 Å². The molecule has 2 amide bonds. The summed E-state index contributed by atoms with van der Waals surface area (Å²) in [4.78, 5) is 11.9. The molecule has 0 radical (unpaired) electrons. The van der Waals surface area contributed by atoms with Crippen LogP contribution in [0.5, 0.6) is 11.5 Å². The summed E-state index contributed by atoms with van der Waals surface area (Å²) in [5, 5.41) is 5.91. The summed E-state index contributed by atoms with van der Waals surface area (Å²) >= 11 is 0. The van der Waals surface area contributed by atoms with E-state index in [9.17, 15) is 4.79 Å². The fourth-order valence-electron chi connectivity index (χ4n) is 2.36. The number of hydrogen-bond acceptors (Lipinski definition) is 3. The second-order valence-electron chi connectivity index (χ2n) is 5.88. The van der Waals surface area contributed by atoms with Crippen LogP contribution in [-0.2, 0) is 0 Å². The Labute approximate surface area is 126 Å². The van der Waals surface area contributed by atoms with Gasteiger partial charge in [0.15, 0.2) is 11.5 Å². The lowest BCUT2D eigenvalue weighted by Crippen LogP contribution is -2.56. The van der Waals surface area contributed by atoms with E-state index in [1.54, 1.807) is 7.11 Å². The molecule has 2 rings (SSSR count). The molecule has 1 aliphatic carbocycles. The quantitative estimate of drug-likeness (QED) is 0.847. The zero-order valence-corrected chi connectivity index (χ0v) is 12.9. The standard InChI is InChI=1S/C16H24N2O3/c1-12(17-15(19)18-16(2)9-6-10-16)11-21-14-8-5-4-7-13(14)20-3/h4-5,7-8,12H,6,9-11H2,1-3H3,(H2,17,18,19). The fourth-order valence-corrected chi connectivity index (χ4v) is 2.36. The minimum Gasteiger partial charge on any atom is -0.493 e. The Morgan fingerprint density at radius 2 is 2.00 bits per heavy atom. The molecule has 116 valence electrons. The van der Waals surface area contributed by atoms with Gasteiger partial charge in [-0.15, -0.1) is 0 Å². The topological polar surface area (TPSA) is 59.6 Å². The highest BCUT2D eigenvalue weighted by molar-refractivity contribution is 5.75. The van der Waals surface area contributed by atoms with E-state index in [1.165, 1.54) is 6.42 Å². The van der Waals surface area contributed by atoms with E-state index >= 15 is 0 Å². The molecule has 1 unspecified atom stereocenters. The lowest BCUT2D eigenvalue weighted by atomic mass is 9.79. The van der Waals surface area contributed by atoms with Gasteiger partial charge < -0.3 is 20.1 Å². The Balaban J connectivity index is 1.76. The monoisotopic (exact) mass is 292 g/mol. The summed E-state index contributed by atoms with van der Waals surface area (Å²) in [5.41, 5.74) is -0.0344. The maximum Gasteiger partial charge on any atom is 0.315 e. The summed E-state index contributed by atoms with van der Waals surface area (Å²) in [7, 11) is 1.61. The fraction of sp³-hybridized carbons (Fsp3) is 0.562. The Hall–Kier alpha value is -1.91. The number of urea groups is 1. The lowest BCUT2D eigenvalue weighted by Gasteiger charge is -2.39. The van der Waals surface area contributed by atoms with Gasteiger partial charge in [-0.2, -0.15) is 0 Å². The van der Waals surface area contributed by atoms with E-state index in [0.29, 0.717) is 18.1 Å². The molecule has 1 fully saturated rings. The number of carbonyl (C=O) groups excluding carboxylic acids is 1. The van der Waals surface area contributed by atoms with Crippen molar-refractivity contribution in [3.8, 4) is 11.5 Å². The van der Waals surface area contributed by atoms with Crippen LogP contribution in [0.15, 0.2) is 24.3 Å². The average Bonchev–Trinajstić information content (AvgIpc) is 2.43. The van der Waals surface area contributed by atoms with E-state index in [1.807, 2.05) is 31.2 Å². The molecule has 0 aromatic heterocycles. The highest BCUT2D eigenvalue weighted by Gasteiger charge is 2.33. The third kappa shape index (κ3) is 4.28. The van der Waals surface area contributed by atoms with Gasteiger partial charge in [0.2, 0.25) is 0 Å². The van der Waals surface area contributed by atoms with Gasteiger partial charge in [0, 0.05) is 5.54 Å². The number of methoxy groups -OCH3 is 1. The summed E-state index contributed by atoms with van der Waals surface area (Å²) in [5.74, 6) is 1.37. The third-order valence-electron chi connectivity index (χ3n) is 3.81. The first-order valence-corrected chi connectivity index (χ1v) is 7.37. The van der Waals surface area contributed by atoms with Crippen molar-refractivity contribution in [2.75, 3.05) is 13.7 Å². The van der Waals surface area contributed by atoms with Crippen LogP contribution in [-0.4, -0.2) is 31.3 Å². The molecule has 0 saturated heterocycles. The number of carbonyl (C=O) groups is 1. The summed E-state index contributed by atoms with van der Waals surface area (Å²) in [6.45, 7) is 4.38. The first-order chi connectivity index (χ1) is 10.0. The van der Waals surface area contributed by atoms with Crippen molar-refractivity contribution in [2.45, 2.75) is 44.7 Å². The Morgan fingerprint density at radius 3 is 2.57 bits per heavy atom. The van der Waals surface area contributed by atoms with Crippen molar-refractivity contribution < 1.29 is 14.3 Å². The van der Waals surface area contributed by atoms with Gasteiger partial charge in [-0.25, -0.2) is 4.79 Å². The average molecular weight is 292 g/mol. The van der Waals surface area contributed by atoms with Gasteiger partial charge in [0.05, 0.1) is 13.2 Å². The van der Waals surface area contributed by atoms with Crippen LogP contribution in [0.1, 0.15) is 33.1 Å². The third-order valence-corrected chi connectivity index (χ3v) is 3.81. The Bertz CT molecular complexity index is 486. The summed E-state index contributed by atoms with van der Waals surface area (Å²) in [6.07, 6.45) is 3.28. The smallest absolute Gasteiger partial charge is 0.315 e. The predicted octanol–water partition coefficient (Wildman–Crippen LogP) is 2.70. The molecule has 21 heavy (non-hydrogen) atoms. The van der Waals surface area contributed by atoms with Gasteiger partial charge in [0.1, 0.15) is 6.61 Å². The number of amides is 2. The SMILES string of the molecule is COc1ccccc1OCC(C)NC(=O)NC1(C)CCC1. The first-order valence-electron chi connectivity index (χ1n) is 7.37. The van der Waals surface area contributed by atoms with E-state index in [0.717, 1.165) is 12.8 Å². The normalized spacial score (nSPS) is 17.3. The van der Waals surface area contributed by atoms with Crippen LogP contribution in [0.2, 0.25) is 0 Å². The number of nitrogens with one attached hydrogen (secondary N) is 2. The zero-order chi connectivity index (χ0) is 15.3. The minimum atomic E-state index is -0.131. The number of benzene rings is 1. The summed E-state index contributed by atoms with van der Waals surface area (Å²) in [6, 6.07) is 7.26. The molecule has 1 aliphatic rings. The minimum absolute atomic E-state index is 0.0344. The number of rotatable bonds is 6. The highest BCUT2D eigenvalue weighted by atomic mass is 16.5. The first kappa shape index (κ1) is 15.5. The molecule has 2 N–H and O–H groups in total. The van der Waals surface area contributed by atoms with Crippen molar-refractivity contribution in [3.05, 3.63) is 24.3 Å². The molecular formula is C16H24N2O3. The van der Waals surface area contributed by atoms with Crippen LogP contribution < -0.4 is 20.1 Å². The highest BCUT2D eigenvalue weighted by Crippen LogP contribution is 2.30. The van der Waals surface area contributed by atoms with Crippen molar-refractivity contribution in [1.82, 2.24) is 10.6 Å². The molecule has 1 saturated carbocycles. The van der Waals surface area contributed by atoms with Crippen molar-refractivity contribution in [1.29, 1.82) is 0 Å². The van der Waals surface area contributed by atoms with Crippen LogP contribution in [0, 0.1) is 0 Å². The van der Waals surface area contributed by atoms with E-state index in [-0.39, 0.29) is 17.6 Å². The van der Waals surface area contributed by atoms with Gasteiger partial charge in [-0.1, -0.05) is 12.1 Å². The number of hydrogen-bond donors (Lipinski definition) is 2. The van der Waals surface area contributed by atoms with E-state index < -0.39 is 0 Å². The molecule has 5 heteroatoms. The van der Waals surface area contributed by atoms with E-state index in [4.69, 9.17) is 9.47 Å². The summed E-state index contributed by atoms with van der Waals surface area (Å²) < 4.78 is 10.9. The molecule has 0 heterocycles.